The average molecular weight is 280 g/mol. The zero-order chi connectivity index (χ0) is 11.9. The van der Waals surface area contributed by atoms with Gasteiger partial charge in [-0.25, -0.2) is 13.2 Å². The summed E-state index contributed by atoms with van der Waals surface area (Å²) in [5.41, 5.74) is 0. The van der Waals surface area contributed by atoms with Crippen LogP contribution in [0.4, 0.5) is 0 Å². The molecule has 0 unspecified atom stereocenters. The molecule has 1 heterocycles. The van der Waals surface area contributed by atoms with Gasteiger partial charge in [-0.2, -0.15) is 0 Å². The minimum atomic E-state index is -4.78. The van der Waals surface area contributed by atoms with E-state index >= 15 is 0 Å². The molecule has 0 radical (unpaired) electrons. The van der Waals surface area contributed by atoms with Crippen molar-refractivity contribution in [2.24, 2.45) is 0 Å². The Morgan fingerprint density at radius 1 is 1.29 bits per heavy atom. The van der Waals surface area contributed by atoms with Gasteiger partial charge in [0.25, 0.3) is 0 Å². The summed E-state index contributed by atoms with van der Waals surface area (Å²) < 4.78 is 33.5. The quantitative estimate of drug-likeness (QED) is 0.534. The maximum Gasteiger partial charge on any atom is 1.00 e. The molecule has 0 saturated heterocycles. The van der Waals surface area contributed by atoms with Crippen LogP contribution in [-0.4, -0.2) is 24.0 Å². The van der Waals surface area contributed by atoms with Gasteiger partial charge in [0.2, 0.25) is 0 Å². The van der Waals surface area contributed by atoms with Gasteiger partial charge >= 0.3 is 35.5 Å². The van der Waals surface area contributed by atoms with Crippen LogP contribution in [-0.2, 0) is 10.1 Å². The summed E-state index contributed by atoms with van der Waals surface area (Å²) in [4.78, 5) is 9.77. The maximum absolute atomic E-state index is 11.0. The number of benzene rings is 1. The molecular weight excluding hydrogens is 275 g/mol. The molecule has 2 rings (SSSR count). The Kier molecular flexibility index (Phi) is 4.34. The number of hydrogen-bond acceptors (Lipinski definition) is 5. The van der Waals surface area contributed by atoms with E-state index in [0.717, 1.165) is 11.3 Å². The van der Waals surface area contributed by atoms with E-state index in [9.17, 15) is 17.8 Å². The first-order valence-corrected chi connectivity index (χ1v) is 6.34. The van der Waals surface area contributed by atoms with E-state index in [4.69, 9.17) is 5.11 Å². The van der Waals surface area contributed by atoms with Gasteiger partial charge in [-0.05, 0) is 6.07 Å². The summed E-state index contributed by atoms with van der Waals surface area (Å²) in [5.74, 6) is -1.41. The zero-order valence-corrected chi connectivity index (χ0v) is 12.3. The molecule has 0 amide bonds. The summed E-state index contributed by atoms with van der Waals surface area (Å²) in [7, 11) is -4.78. The fourth-order valence-corrected chi connectivity index (χ4v) is 3.60. The number of carboxylic acid groups (broad SMARTS) is 1. The SMILES string of the molecule is O=C(O)c1sc2ccccc2c1S(=O)(=O)[O-].[Na+]. The molecule has 5 nitrogen and oxygen atoms in total. The summed E-state index contributed by atoms with van der Waals surface area (Å²) in [6, 6.07) is 6.19. The fraction of sp³-hybridized carbons (Fsp3) is 0. The van der Waals surface area contributed by atoms with Crippen LogP contribution in [0.15, 0.2) is 29.2 Å². The van der Waals surface area contributed by atoms with Gasteiger partial charge < -0.3 is 9.66 Å². The van der Waals surface area contributed by atoms with Gasteiger partial charge in [0.15, 0.2) is 0 Å². The second-order valence-electron chi connectivity index (χ2n) is 3.02. The van der Waals surface area contributed by atoms with Gasteiger partial charge in [0.05, 0.1) is 4.90 Å². The van der Waals surface area contributed by atoms with Crippen molar-refractivity contribution in [2.75, 3.05) is 0 Å². The fourth-order valence-electron chi connectivity index (χ4n) is 1.41. The molecule has 0 fully saturated rings. The molecule has 8 heteroatoms. The van der Waals surface area contributed by atoms with Crippen LogP contribution in [0.25, 0.3) is 10.1 Å². The van der Waals surface area contributed by atoms with Crippen LogP contribution in [0.5, 0.6) is 0 Å². The molecule has 1 aromatic carbocycles. The Balaban J connectivity index is 0.00000144. The van der Waals surface area contributed by atoms with Gasteiger partial charge in [0, 0.05) is 10.1 Å². The zero-order valence-electron chi connectivity index (χ0n) is 8.71. The molecule has 1 N–H and O–H groups in total. The van der Waals surface area contributed by atoms with E-state index in [1.54, 1.807) is 18.2 Å². The Labute approximate surface area is 123 Å². The third kappa shape index (κ3) is 2.70. The van der Waals surface area contributed by atoms with Crippen molar-refractivity contribution in [3.05, 3.63) is 29.1 Å². The van der Waals surface area contributed by atoms with Crippen molar-refractivity contribution >= 4 is 37.5 Å². The van der Waals surface area contributed by atoms with Crippen molar-refractivity contribution in [3.63, 3.8) is 0 Å². The number of hydrogen-bond donors (Lipinski definition) is 1. The van der Waals surface area contributed by atoms with Gasteiger partial charge in [-0.15, -0.1) is 11.3 Å². The van der Waals surface area contributed by atoms with Crippen molar-refractivity contribution in [3.8, 4) is 0 Å². The largest absolute Gasteiger partial charge is 1.00 e. The summed E-state index contributed by atoms with van der Waals surface area (Å²) in [6.45, 7) is 0. The van der Waals surface area contributed by atoms with Crippen LogP contribution in [0.2, 0.25) is 0 Å². The second kappa shape index (κ2) is 5.05. The molecule has 84 valence electrons. The maximum atomic E-state index is 11.0. The molecular formula is C9H5NaO5S2. The molecule has 0 spiro atoms. The number of fused-ring (bicyclic) bond motifs is 1. The van der Waals surface area contributed by atoms with Crippen LogP contribution in [0, 0.1) is 0 Å². The van der Waals surface area contributed by atoms with Gasteiger partial charge in [-0.3, -0.25) is 0 Å². The number of thiophene rings is 1. The van der Waals surface area contributed by atoms with Crippen LogP contribution >= 0.6 is 11.3 Å². The van der Waals surface area contributed by atoms with E-state index in [2.05, 4.69) is 0 Å². The van der Waals surface area contributed by atoms with Crippen molar-refractivity contribution < 1.29 is 52.4 Å². The molecule has 0 atom stereocenters. The second-order valence-corrected chi connectivity index (χ2v) is 5.38. The Hall–Kier alpha value is -0.440. The standard InChI is InChI=1S/C9H6O5S2.Na/c10-9(11)7-8(16(12,13)14)5-3-1-2-4-6(5)15-7;/h1-4H,(H,10,11)(H,12,13,14);/q;+1/p-1. The molecule has 17 heavy (non-hydrogen) atoms. The predicted molar refractivity (Wildman–Crippen MR) is 56.7 cm³/mol. The normalized spacial score (nSPS) is 11.1. The minimum Gasteiger partial charge on any atom is -0.744 e. The van der Waals surface area contributed by atoms with Gasteiger partial charge in [-0.1, -0.05) is 18.2 Å². The molecule has 0 saturated carbocycles. The monoisotopic (exact) mass is 280 g/mol. The third-order valence-electron chi connectivity index (χ3n) is 1.99. The van der Waals surface area contributed by atoms with E-state index in [1.807, 2.05) is 0 Å². The van der Waals surface area contributed by atoms with Crippen LogP contribution in [0.3, 0.4) is 0 Å². The average Bonchev–Trinajstić information content (AvgIpc) is 2.55. The number of carbonyl (C=O) groups is 1. The van der Waals surface area contributed by atoms with E-state index in [1.165, 1.54) is 6.07 Å². The Morgan fingerprint density at radius 2 is 1.88 bits per heavy atom. The molecule has 0 aliphatic carbocycles. The molecule has 0 aliphatic rings. The first-order chi connectivity index (χ1) is 7.41. The first-order valence-electron chi connectivity index (χ1n) is 4.12. The number of aromatic carboxylic acids is 1. The van der Waals surface area contributed by atoms with Crippen LogP contribution < -0.4 is 29.6 Å². The predicted octanol–water partition coefficient (Wildman–Crippen LogP) is -1.49. The smallest absolute Gasteiger partial charge is 0.744 e. The van der Waals surface area contributed by atoms with Gasteiger partial charge in [0.1, 0.15) is 15.0 Å². The van der Waals surface area contributed by atoms with Crippen LogP contribution in [0.1, 0.15) is 9.67 Å². The summed E-state index contributed by atoms with van der Waals surface area (Å²) in [6.07, 6.45) is 0. The Morgan fingerprint density at radius 3 is 2.41 bits per heavy atom. The van der Waals surface area contributed by atoms with Crippen molar-refractivity contribution in [1.29, 1.82) is 0 Å². The first kappa shape index (κ1) is 14.6. The van der Waals surface area contributed by atoms with E-state index in [-0.39, 0.29) is 34.9 Å². The molecule has 2 aromatic rings. The Bertz CT molecular complexity index is 674. The van der Waals surface area contributed by atoms with Crippen molar-refractivity contribution in [2.45, 2.75) is 4.90 Å². The third-order valence-corrected chi connectivity index (χ3v) is 4.21. The van der Waals surface area contributed by atoms with E-state index in [0.29, 0.717) is 4.70 Å². The molecule has 1 aromatic heterocycles. The molecule has 0 aliphatic heterocycles. The minimum absolute atomic E-state index is 0. The molecule has 0 bridgehead atoms. The number of rotatable bonds is 2. The topological polar surface area (TPSA) is 94.5 Å². The van der Waals surface area contributed by atoms with E-state index < -0.39 is 25.9 Å². The number of carboxylic acids is 1. The van der Waals surface area contributed by atoms with Crippen molar-refractivity contribution in [1.82, 2.24) is 0 Å². The summed E-state index contributed by atoms with van der Waals surface area (Å²) >= 11 is 0.780. The summed E-state index contributed by atoms with van der Waals surface area (Å²) in [5, 5.41) is 9.00.